The predicted molar refractivity (Wildman–Crippen MR) is 46.1 cm³/mol. The van der Waals surface area contributed by atoms with Gasteiger partial charge in [0.1, 0.15) is 0 Å². The molecule has 0 aliphatic carbocycles. The zero-order valence-electron chi connectivity index (χ0n) is 6.98. The Labute approximate surface area is 74.2 Å². The van der Waals surface area contributed by atoms with E-state index in [-0.39, 0.29) is 0 Å². The fourth-order valence-electron chi connectivity index (χ4n) is 0.249. The predicted octanol–water partition coefficient (Wildman–Crippen LogP) is -1.11. The first-order valence-electron chi connectivity index (χ1n) is 3.04. The molecule has 0 aromatic rings. The van der Waals surface area contributed by atoms with E-state index >= 15 is 0 Å². The number of nitrogens with two attached hydrogens (primary N) is 3. The van der Waals surface area contributed by atoms with Gasteiger partial charge in [0.2, 0.25) is 0 Å². The zero-order chi connectivity index (χ0) is 10.9. The summed E-state index contributed by atoms with van der Waals surface area (Å²) >= 11 is 0. The van der Waals surface area contributed by atoms with Crippen LogP contribution in [-0.4, -0.2) is 24.3 Å². The summed E-state index contributed by atoms with van der Waals surface area (Å²) in [6, 6.07) is -2.52. The van der Waals surface area contributed by atoms with Gasteiger partial charge in [-0.05, 0) is 6.92 Å². The largest absolute Gasteiger partial charge is 0.351 e. The van der Waals surface area contributed by atoms with Crippen molar-refractivity contribution in [1.29, 1.82) is 0 Å². The summed E-state index contributed by atoms with van der Waals surface area (Å²) in [5, 5.41) is 1.58. The number of urea groups is 3. The summed E-state index contributed by atoms with van der Waals surface area (Å²) in [4.78, 5) is 32.0. The Morgan fingerprint density at radius 3 is 1.54 bits per heavy atom. The Balaban J connectivity index is 0. The van der Waals surface area contributed by atoms with Gasteiger partial charge in [0.25, 0.3) is 0 Å². The highest BCUT2D eigenvalue weighted by Gasteiger charge is 1.92. The van der Waals surface area contributed by atoms with Crippen LogP contribution in [0.4, 0.5) is 14.4 Å². The number of hydrogen-bond acceptors (Lipinski definition) is 3. The number of nitrogens with one attached hydrogen (secondary N) is 1. The standard InChI is InChI=1S/C3H6N2O.C2H5N3O2/c1-2-5-3(4)6;3-1(6)5-2(4)7/h2H,1H3,(H2,4,6);(H5,3,4,5,6,7). The molecule has 0 saturated carbocycles. The third-order valence-electron chi connectivity index (χ3n) is 0.503. The lowest BCUT2D eigenvalue weighted by Gasteiger charge is -1.88. The molecule has 0 aliphatic heterocycles. The number of amides is 6. The molecule has 6 amide bonds. The molecule has 0 rings (SSSR count). The van der Waals surface area contributed by atoms with Crippen molar-refractivity contribution in [1.82, 2.24) is 5.32 Å². The summed E-state index contributed by atoms with van der Waals surface area (Å²) in [5.74, 6) is 0. The molecule has 8 heteroatoms. The summed E-state index contributed by atoms with van der Waals surface area (Å²) in [7, 11) is 0. The number of rotatable bonds is 0. The Morgan fingerprint density at radius 1 is 1.15 bits per heavy atom. The van der Waals surface area contributed by atoms with Crippen LogP contribution >= 0.6 is 0 Å². The van der Waals surface area contributed by atoms with Crippen LogP contribution in [-0.2, 0) is 0 Å². The third kappa shape index (κ3) is 25.8. The van der Waals surface area contributed by atoms with Gasteiger partial charge < -0.3 is 17.2 Å². The van der Waals surface area contributed by atoms with Gasteiger partial charge in [-0.15, -0.1) is 0 Å². The minimum Gasteiger partial charge on any atom is -0.351 e. The van der Waals surface area contributed by atoms with E-state index in [4.69, 9.17) is 0 Å². The molecule has 0 atom stereocenters. The van der Waals surface area contributed by atoms with E-state index in [1.54, 1.807) is 12.2 Å². The van der Waals surface area contributed by atoms with Crippen molar-refractivity contribution in [2.24, 2.45) is 22.2 Å². The van der Waals surface area contributed by atoms with Crippen LogP contribution in [0.25, 0.3) is 0 Å². The lowest BCUT2D eigenvalue weighted by molar-refractivity contribution is 0.236. The molecule has 0 aliphatic rings. The SMILES string of the molecule is CC=NC(N)=O.NC(=O)NC(N)=O. The molecule has 0 bridgehead atoms. The quantitative estimate of drug-likeness (QED) is 0.357. The van der Waals surface area contributed by atoms with Crippen molar-refractivity contribution in [3.05, 3.63) is 0 Å². The van der Waals surface area contributed by atoms with Crippen LogP contribution in [0.15, 0.2) is 4.99 Å². The monoisotopic (exact) mass is 189 g/mol. The average molecular weight is 189 g/mol. The molecular formula is C5H11N5O3. The van der Waals surface area contributed by atoms with Gasteiger partial charge in [0.05, 0.1) is 0 Å². The first-order valence-corrected chi connectivity index (χ1v) is 3.04. The lowest BCUT2D eigenvalue weighted by atomic mass is 10.9. The number of carbonyl (C=O) groups is 3. The Hall–Kier alpha value is -2.12. The number of imide groups is 1. The maximum absolute atomic E-state index is 9.62. The van der Waals surface area contributed by atoms with Gasteiger partial charge in [-0.25, -0.2) is 19.4 Å². The fourth-order valence-corrected chi connectivity index (χ4v) is 0.249. The summed E-state index contributed by atoms with van der Waals surface area (Å²) in [6.07, 6.45) is 1.35. The summed E-state index contributed by atoms with van der Waals surface area (Å²) in [6.45, 7) is 1.63. The highest BCUT2D eigenvalue weighted by Crippen LogP contribution is 1.59. The maximum Gasteiger partial charge on any atom is 0.337 e. The molecule has 0 aromatic carbocycles. The second kappa shape index (κ2) is 7.98. The molecule has 74 valence electrons. The van der Waals surface area contributed by atoms with Gasteiger partial charge in [0.15, 0.2) is 0 Å². The molecule has 0 saturated heterocycles. The fraction of sp³-hybridized carbons (Fsp3) is 0.200. The van der Waals surface area contributed by atoms with Gasteiger partial charge in [-0.1, -0.05) is 0 Å². The number of aliphatic imine (C=N–C) groups is 1. The van der Waals surface area contributed by atoms with Gasteiger partial charge >= 0.3 is 18.1 Å². The number of carbonyl (C=O) groups excluding carboxylic acids is 3. The maximum atomic E-state index is 9.62. The van der Waals surface area contributed by atoms with E-state index in [0.717, 1.165) is 0 Å². The van der Waals surface area contributed by atoms with E-state index in [1.807, 2.05) is 0 Å². The molecule has 0 heterocycles. The minimum atomic E-state index is -0.938. The Bertz CT molecular complexity index is 212. The number of hydrogen-bond donors (Lipinski definition) is 4. The van der Waals surface area contributed by atoms with Crippen LogP contribution in [0.1, 0.15) is 6.92 Å². The van der Waals surface area contributed by atoms with E-state index in [1.165, 1.54) is 6.21 Å². The van der Waals surface area contributed by atoms with Crippen LogP contribution < -0.4 is 22.5 Å². The van der Waals surface area contributed by atoms with Gasteiger partial charge in [0, 0.05) is 6.21 Å². The molecule has 0 aromatic heterocycles. The van der Waals surface area contributed by atoms with Crippen molar-refractivity contribution in [2.45, 2.75) is 6.92 Å². The van der Waals surface area contributed by atoms with Crippen molar-refractivity contribution >= 4 is 24.3 Å². The van der Waals surface area contributed by atoms with E-state index < -0.39 is 18.1 Å². The van der Waals surface area contributed by atoms with Crippen LogP contribution in [0.5, 0.6) is 0 Å². The molecule has 7 N–H and O–H groups in total. The van der Waals surface area contributed by atoms with Crippen LogP contribution in [0, 0.1) is 0 Å². The average Bonchev–Trinajstić information content (AvgIpc) is 1.83. The van der Waals surface area contributed by atoms with Crippen molar-refractivity contribution in [2.75, 3.05) is 0 Å². The topological polar surface area (TPSA) is 154 Å². The molecule has 0 radical (unpaired) electrons. The zero-order valence-corrected chi connectivity index (χ0v) is 6.98. The summed E-state index contributed by atoms with van der Waals surface area (Å²) in [5.41, 5.74) is 13.5. The molecular weight excluding hydrogens is 178 g/mol. The minimum absolute atomic E-state index is 0.641. The molecule has 13 heavy (non-hydrogen) atoms. The normalized spacial score (nSPS) is 8.38. The van der Waals surface area contributed by atoms with Crippen molar-refractivity contribution < 1.29 is 14.4 Å². The van der Waals surface area contributed by atoms with Gasteiger partial charge in [-0.3, -0.25) is 5.32 Å². The second-order valence-corrected chi connectivity index (χ2v) is 1.58. The van der Waals surface area contributed by atoms with E-state index in [2.05, 4.69) is 22.2 Å². The lowest BCUT2D eigenvalue weighted by Crippen LogP contribution is -2.38. The van der Waals surface area contributed by atoms with Crippen LogP contribution in [0.3, 0.4) is 0 Å². The van der Waals surface area contributed by atoms with Crippen molar-refractivity contribution in [3.63, 3.8) is 0 Å². The molecule has 0 spiro atoms. The third-order valence-corrected chi connectivity index (χ3v) is 0.503. The number of primary amides is 3. The smallest absolute Gasteiger partial charge is 0.337 e. The van der Waals surface area contributed by atoms with E-state index in [9.17, 15) is 14.4 Å². The van der Waals surface area contributed by atoms with E-state index in [0.29, 0.717) is 0 Å². The Kier molecular flexibility index (Phi) is 8.27. The molecule has 0 fully saturated rings. The van der Waals surface area contributed by atoms with Gasteiger partial charge in [-0.2, -0.15) is 0 Å². The Morgan fingerprint density at radius 2 is 1.54 bits per heavy atom. The molecule has 0 unspecified atom stereocenters. The second-order valence-electron chi connectivity index (χ2n) is 1.58. The first kappa shape index (κ1) is 13.5. The summed E-state index contributed by atoms with van der Waals surface area (Å²) < 4.78 is 0. The first-order chi connectivity index (χ1) is 5.90. The number of nitrogens with zero attached hydrogens (tertiary/aromatic N) is 1. The highest BCUT2D eigenvalue weighted by atomic mass is 16.2. The highest BCUT2D eigenvalue weighted by molar-refractivity contribution is 5.91. The molecule has 8 nitrogen and oxygen atoms in total. The van der Waals surface area contributed by atoms with Crippen molar-refractivity contribution in [3.8, 4) is 0 Å². The van der Waals surface area contributed by atoms with Crippen LogP contribution in [0.2, 0.25) is 0 Å².